The number of carbonyl (C=O) groups is 10. The number of carbonyl (C=O) groups excluding carboxylic acids is 9. The summed E-state index contributed by atoms with van der Waals surface area (Å²) in [5.74, 6) is -2.24. The molecule has 6 aliphatic carbocycles. The van der Waals surface area contributed by atoms with Gasteiger partial charge < -0.3 is 83.5 Å². The number of aliphatic carboxylic acids is 1. The Kier molecular flexibility index (Phi) is 31.2. The fourth-order valence-electron chi connectivity index (χ4n) is 17.8. The molecule has 6 aromatic rings. The number of ether oxygens (including phenoxy) is 10. The number of pyridine rings is 3. The van der Waals surface area contributed by atoms with Crippen molar-refractivity contribution in [1.82, 2.24) is 46.0 Å². The first kappa shape index (κ1) is 102. The van der Waals surface area contributed by atoms with E-state index in [4.69, 9.17) is 62.3 Å². The van der Waals surface area contributed by atoms with Crippen LogP contribution >= 0.6 is 24.8 Å². The molecule has 132 heavy (non-hydrogen) atoms. The lowest BCUT2D eigenvalue weighted by Crippen LogP contribution is -2.55. The molecule has 0 radical (unpaired) electrons. The second-order valence-electron chi connectivity index (χ2n) is 40.2. The maximum absolute atomic E-state index is 14.5. The Hall–Kier alpha value is -10.9. The van der Waals surface area contributed by atoms with Crippen molar-refractivity contribution in [3.8, 4) is 34.5 Å². The summed E-state index contributed by atoms with van der Waals surface area (Å²) >= 11 is 0. The largest absolute Gasteiger partial charge is 0.497 e. The van der Waals surface area contributed by atoms with E-state index in [9.17, 15) is 53.1 Å². The van der Waals surface area contributed by atoms with Crippen LogP contribution in [0.2, 0.25) is 0 Å². The first-order chi connectivity index (χ1) is 61.4. The third-order valence-electron chi connectivity index (χ3n) is 25.8. The fraction of sp³-hybridized carbons (Fsp3) is 0.570. The Balaban J connectivity index is 0.000000192. The molecule has 1 unspecified atom stereocenters. The highest BCUT2D eigenvalue weighted by atomic mass is 35.5. The van der Waals surface area contributed by atoms with Gasteiger partial charge in [0, 0.05) is 131 Å². The molecule has 14 atom stereocenters. The number of benzene rings is 3. The minimum absolute atomic E-state index is 0. The summed E-state index contributed by atoms with van der Waals surface area (Å²) in [7, 11) is 4.85. The van der Waals surface area contributed by atoms with Crippen LogP contribution in [0, 0.1) is 40.4 Å². The van der Waals surface area contributed by atoms with Gasteiger partial charge in [-0.1, -0.05) is 59.8 Å². The smallest absolute Gasteiger partial charge is 0.332 e. The van der Waals surface area contributed by atoms with E-state index in [0.717, 1.165) is 99.8 Å². The van der Waals surface area contributed by atoms with Crippen molar-refractivity contribution in [2.45, 2.75) is 269 Å². The second kappa shape index (κ2) is 40.5. The van der Waals surface area contributed by atoms with Crippen molar-refractivity contribution >= 4 is 117 Å². The number of nitrogens with one attached hydrogen (secondary N) is 4. The molecule has 3 aromatic carbocycles. The van der Waals surface area contributed by atoms with Crippen molar-refractivity contribution in [3.63, 3.8) is 0 Å². The van der Waals surface area contributed by atoms with E-state index in [1.807, 2.05) is 114 Å². The van der Waals surface area contributed by atoms with Gasteiger partial charge in [0.1, 0.15) is 92.7 Å². The van der Waals surface area contributed by atoms with Gasteiger partial charge in [-0.3, -0.25) is 48.5 Å². The van der Waals surface area contributed by atoms with E-state index in [2.05, 4.69) is 41.0 Å². The highest BCUT2D eigenvalue weighted by molar-refractivity contribution is 5.99. The molecule has 6 saturated carbocycles. The lowest BCUT2D eigenvalue weighted by atomic mass is 9.77. The van der Waals surface area contributed by atoms with Crippen LogP contribution in [-0.4, -0.2) is 208 Å². The number of hydrogen-bond acceptors (Lipinski definition) is 24. The quantitative estimate of drug-likeness (QED) is 0.0149. The number of halogens is 2. The molecule has 9 aliphatic rings. The van der Waals surface area contributed by atoms with Gasteiger partial charge in [-0.25, -0.2) is 14.4 Å². The monoisotopic (exact) mass is 1860 g/mol. The van der Waals surface area contributed by atoms with Crippen LogP contribution in [0.1, 0.15) is 222 Å². The minimum atomic E-state index is -1.47. The van der Waals surface area contributed by atoms with Gasteiger partial charge in [0.15, 0.2) is 0 Å². The number of nitrogens with zero attached hydrogens (tertiary/aromatic N) is 5. The summed E-state index contributed by atoms with van der Waals surface area (Å²) < 4.78 is 57.6. The van der Waals surface area contributed by atoms with Crippen LogP contribution in [0.15, 0.2) is 111 Å². The molecule has 6 heterocycles. The molecule has 5 amide bonds. The number of amides is 5. The molecule has 3 aromatic heterocycles. The van der Waals surface area contributed by atoms with E-state index < -0.39 is 134 Å². The van der Waals surface area contributed by atoms with Crippen molar-refractivity contribution in [2.75, 3.05) is 54.2 Å². The zero-order valence-electron chi connectivity index (χ0n) is 79.0. The summed E-state index contributed by atoms with van der Waals surface area (Å²) in [6.45, 7) is 37.9. The summed E-state index contributed by atoms with van der Waals surface area (Å²) in [4.78, 5) is 151. The lowest BCUT2D eigenvalue weighted by molar-refractivity contribution is -0.161. The number of likely N-dealkylation sites (tertiary alicyclic amines) is 2. The standard InChI is InChI=1S/C38H51N3O8.C36H47N3O8.C26H31N3O5.2ClH/c1-10-23-20-38(23,35(45)47-11-2)40-33(43)30-17-25(21-41(30)34(44)27(36(3,4)5)18-32(42)49-37(6,7)8)48-31-19-28(22-12-13-22)39-29-16-24(46-9)14-15-26(29)31;1-9-21-18-36(21,33(43)44)38-31(41)28-15-23(19-39(28)32(42)25(34(2,3)4)16-30(40)47-35(5,6)7)46-29-17-26(20-10-11-20)37-27-14-22(45-8)12-13-24(27)29;1-4-16-13-26(16,25(31)33-5-2)29-24(30)22-11-18(14-27-22)34-23-12-20(15-6-7-15)28-21-10-17(32-3)8-9-19(21)23;;/h10,14-16,19,22-23,25,27,30H,1,11-13,17-18,20-21H2,2-9H3,(H,40,43);9,12-14,17,20-21,23,25,28H,1,10-11,15-16,18-19H2,2-8H3,(H,38,41)(H,43,44);4,8-10,12,15-16,18,22,27H,1,5-7,11,13-14H2,2-3H3,(H,29,30);2*1H/t23-,25-,27-,30+,38-;21-,23-,25?,28+,36-;16-,18-,22+,26-;;/m111../s1. The Bertz CT molecular complexity index is 5380. The van der Waals surface area contributed by atoms with Crippen molar-refractivity contribution < 1.29 is 100 Å². The van der Waals surface area contributed by atoms with Gasteiger partial charge in [0.2, 0.25) is 29.5 Å². The molecule has 0 bridgehead atoms. The maximum atomic E-state index is 14.5. The van der Waals surface area contributed by atoms with Crippen molar-refractivity contribution in [3.05, 3.63) is 128 Å². The van der Waals surface area contributed by atoms with Gasteiger partial charge in [-0.2, -0.15) is 0 Å². The fourth-order valence-corrected chi connectivity index (χ4v) is 17.8. The van der Waals surface area contributed by atoms with Crippen LogP contribution in [0.3, 0.4) is 0 Å². The topological polar surface area (TPSA) is 376 Å². The van der Waals surface area contributed by atoms with Gasteiger partial charge in [0.05, 0.1) is 94.9 Å². The summed E-state index contributed by atoms with van der Waals surface area (Å²) in [6.07, 6.45) is 11.6. The third-order valence-corrected chi connectivity index (χ3v) is 25.8. The Labute approximate surface area is 784 Å². The van der Waals surface area contributed by atoms with Crippen molar-refractivity contribution in [1.29, 1.82) is 0 Å². The van der Waals surface area contributed by atoms with E-state index >= 15 is 0 Å². The van der Waals surface area contributed by atoms with E-state index in [0.29, 0.717) is 66.6 Å². The highest BCUT2D eigenvalue weighted by Crippen LogP contribution is 2.51. The average Bonchev–Trinajstić information content (AvgIpc) is 1.62. The number of esters is 4. The van der Waals surface area contributed by atoms with Crippen LogP contribution in [0.4, 0.5) is 0 Å². The summed E-state index contributed by atoms with van der Waals surface area (Å²) in [5, 5.41) is 24.3. The van der Waals surface area contributed by atoms with Crippen LogP contribution in [0.5, 0.6) is 34.5 Å². The van der Waals surface area contributed by atoms with E-state index in [-0.39, 0.29) is 113 Å². The third kappa shape index (κ3) is 23.5. The molecule has 15 rings (SSSR count). The Morgan fingerprint density at radius 1 is 0.477 bits per heavy atom. The lowest BCUT2D eigenvalue weighted by Gasteiger charge is -2.35. The number of fused-ring (bicyclic) bond motifs is 3. The number of aromatic nitrogens is 3. The normalized spacial score (nSPS) is 24.9. The molecular formula is C100H131Cl2N9O21. The predicted molar refractivity (Wildman–Crippen MR) is 500 cm³/mol. The summed E-state index contributed by atoms with van der Waals surface area (Å²) in [5.41, 5.74) is -1.23. The molecule has 0 spiro atoms. The second-order valence-corrected chi connectivity index (χ2v) is 40.2. The van der Waals surface area contributed by atoms with Gasteiger partial charge >= 0.3 is 29.8 Å². The number of methoxy groups -OCH3 is 3. The van der Waals surface area contributed by atoms with E-state index in [1.54, 1.807) is 88.9 Å². The molecule has 30 nitrogen and oxygen atoms in total. The van der Waals surface area contributed by atoms with Crippen LogP contribution in [-0.2, 0) is 66.9 Å². The Morgan fingerprint density at radius 2 is 0.803 bits per heavy atom. The molecule has 9 fully saturated rings. The first-order valence-electron chi connectivity index (χ1n) is 45.6. The number of carboxylic acids is 1. The average molecular weight is 1870 g/mol. The molecule has 716 valence electrons. The molecule has 3 aliphatic heterocycles. The number of hydrogen-bond donors (Lipinski definition) is 5. The van der Waals surface area contributed by atoms with Crippen LogP contribution < -0.4 is 49.7 Å². The highest BCUT2D eigenvalue weighted by Gasteiger charge is 2.65. The van der Waals surface area contributed by atoms with Gasteiger partial charge in [-0.15, -0.1) is 44.6 Å². The number of carboxylic acid groups (broad SMARTS) is 1. The molecule has 3 saturated heterocycles. The molecular weight excluding hydrogens is 1730 g/mol. The molecule has 5 N–H and O–H groups in total. The van der Waals surface area contributed by atoms with Crippen molar-refractivity contribution in [2.24, 2.45) is 40.4 Å². The Morgan fingerprint density at radius 3 is 1.10 bits per heavy atom. The summed E-state index contributed by atoms with van der Waals surface area (Å²) in [6, 6.07) is 20.5. The minimum Gasteiger partial charge on any atom is -0.497 e. The zero-order chi connectivity index (χ0) is 94.2. The maximum Gasteiger partial charge on any atom is 0.332 e. The molecule has 32 heteroatoms. The van der Waals surface area contributed by atoms with E-state index in [1.165, 1.54) is 15.9 Å². The predicted octanol–water partition coefficient (Wildman–Crippen LogP) is 14.2. The van der Waals surface area contributed by atoms with Gasteiger partial charge in [-0.05, 0) is 160 Å². The first-order valence-corrected chi connectivity index (χ1v) is 45.6. The SMILES string of the molecule is C=C[C@@H]1C[C@]1(NC(=O)[C@@H]1C[C@@H](Oc2cc(C3CC3)nc3cc(OC)ccc23)CN1)C(=O)OCC.C=C[C@@H]1C[C@]1(NC(=O)[C@@H]1C[C@@H](Oc2cc(C3CC3)nc3cc(OC)ccc23)CN1C(=O)C(CC(=O)OC(C)(C)C)C(C)(C)C)C(=O)O.C=C[C@@H]1C[C@]1(NC(=O)[C@@H]1C[C@@H](Oc2cc(C3CC3)nc3cc(OC)ccc23)CN1C(=O)[C@@H](CC(=O)OC(C)(C)C)C(C)(C)C)C(=O)OCC.Cl.Cl. The zero-order valence-corrected chi connectivity index (χ0v) is 80.6. The van der Waals surface area contributed by atoms with Crippen LogP contribution in [0.25, 0.3) is 32.7 Å². The van der Waals surface area contributed by atoms with Gasteiger partial charge in [0.25, 0.3) is 0 Å². The number of rotatable bonds is 32.